The summed E-state index contributed by atoms with van der Waals surface area (Å²) in [7, 11) is 0. The quantitative estimate of drug-likeness (QED) is 0.439. The van der Waals surface area contributed by atoms with E-state index in [2.05, 4.69) is 56.3 Å². The second kappa shape index (κ2) is 3.16. The van der Waals surface area contributed by atoms with Crippen molar-refractivity contribution in [2.45, 2.75) is 13.8 Å². The van der Waals surface area contributed by atoms with Crippen molar-refractivity contribution in [2.75, 3.05) is 0 Å². The van der Waals surface area contributed by atoms with Crippen molar-refractivity contribution in [3.8, 4) is 0 Å². The third kappa shape index (κ3) is 1.23. The number of hydrogen-bond acceptors (Lipinski definition) is 0. The van der Waals surface area contributed by atoms with Crippen LogP contribution in [0.3, 0.4) is 0 Å². The molecule has 0 unspecified atom stereocenters. The average Bonchev–Trinajstić information content (AvgIpc) is 2.53. The van der Waals surface area contributed by atoms with Crippen molar-refractivity contribution in [1.29, 1.82) is 0 Å². The summed E-state index contributed by atoms with van der Waals surface area (Å²) < 4.78 is 0. The molecule has 0 aliphatic carbocycles. The maximum atomic E-state index is 2.28. The van der Waals surface area contributed by atoms with Crippen LogP contribution in [0.15, 0.2) is 42.5 Å². The average molecular weight is 460 g/mol. The van der Waals surface area contributed by atoms with Gasteiger partial charge in [-0.1, -0.05) is 35.4 Å². The maximum absolute atomic E-state index is 2.28. The number of hydrogen-bond donors (Lipinski definition) is 0. The van der Waals surface area contributed by atoms with Crippen molar-refractivity contribution >= 4 is 21.5 Å². The van der Waals surface area contributed by atoms with Crippen LogP contribution in [0.25, 0.3) is 21.5 Å². The Kier molecular flexibility index (Phi) is 1.95. The number of aryl methyl sites for hydroxylation is 2. The van der Waals surface area contributed by atoms with Gasteiger partial charge < -0.3 is 0 Å². The summed E-state index contributed by atoms with van der Waals surface area (Å²) >= 11 is 0. The molecule has 0 saturated heterocycles. The van der Waals surface area contributed by atoms with Crippen molar-refractivity contribution in [2.24, 2.45) is 0 Å². The van der Waals surface area contributed by atoms with Gasteiger partial charge >= 0.3 is 0 Å². The van der Waals surface area contributed by atoms with E-state index in [1.807, 2.05) is 0 Å². The Morgan fingerprint density at radius 1 is 0.750 bits per heavy atom. The fraction of sp³-hybridized carbons (Fsp3) is 0.133. The fourth-order valence-electron chi connectivity index (χ4n) is 2.26. The minimum atomic E-state index is 0. The van der Waals surface area contributed by atoms with E-state index in [9.17, 15) is 0 Å². The van der Waals surface area contributed by atoms with Gasteiger partial charge in [-0.15, -0.1) is 39.7 Å². The molecule has 3 aromatic carbocycles. The first-order valence-corrected chi connectivity index (χ1v) is 5.30. The molecule has 1 heteroatoms. The molecule has 0 radical (unpaired) electrons. The van der Waals surface area contributed by atoms with Crippen LogP contribution in [0.5, 0.6) is 0 Å². The zero-order valence-electron chi connectivity index (χ0n) is 9.75. The molecule has 0 atom stereocenters. The van der Waals surface area contributed by atoms with Crippen LogP contribution in [0.2, 0.25) is 0 Å². The van der Waals surface area contributed by atoms with Crippen LogP contribution in [0.4, 0.5) is 0 Å². The topological polar surface area (TPSA) is 0 Å². The third-order valence-corrected chi connectivity index (χ3v) is 3.02. The normalized spacial score (nSPS) is 10.6. The minimum absolute atomic E-state index is 0. The maximum Gasteiger partial charge on any atom is 0 e. The number of fused-ring (bicyclic) bond motifs is 3. The Hall–Kier alpha value is -2.69. The first kappa shape index (κ1) is 9.85. The van der Waals surface area contributed by atoms with Gasteiger partial charge in [0, 0.05) is 0 Å². The Bertz CT molecular complexity index is 591. The molecule has 3 rings (SSSR count). The molecule has 0 amide bonds. The summed E-state index contributed by atoms with van der Waals surface area (Å²) in [5.74, 6) is 0. The second-order valence-corrected chi connectivity index (χ2v) is 4.33. The van der Waals surface area contributed by atoms with Gasteiger partial charge in [0.15, 0.2) is 0 Å². The summed E-state index contributed by atoms with van der Waals surface area (Å²) in [6, 6.07) is 15.6. The summed E-state index contributed by atoms with van der Waals surface area (Å²) in [4.78, 5) is 0. The van der Waals surface area contributed by atoms with Crippen LogP contribution in [0.1, 0.15) is 11.1 Å². The molecule has 0 bridgehead atoms. The van der Waals surface area contributed by atoms with E-state index in [1.165, 1.54) is 32.7 Å². The molecule has 0 aromatic heterocycles. The van der Waals surface area contributed by atoms with E-state index in [0.717, 1.165) is 0 Å². The third-order valence-electron chi connectivity index (χ3n) is 3.02. The molecular weight excluding hydrogens is 447 g/mol. The minimum Gasteiger partial charge on any atom is -0.126 e. The Balaban J connectivity index is 0.000000963. The molecule has 0 fully saturated rings. The summed E-state index contributed by atoms with van der Waals surface area (Å²) in [5.41, 5.74) is 2.66. The van der Waals surface area contributed by atoms with E-state index in [4.69, 9.17) is 0 Å². The zero-order valence-corrected chi connectivity index (χ0v) is 16.1. The van der Waals surface area contributed by atoms with Gasteiger partial charge in [0.25, 0.3) is 0 Å². The van der Waals surface area contributed by atoms with Gasteiger partial charge in [-0.3, -0.25) is 0 Å². The molecule has 0 spiro atoms. The number of benzene rings is 2. The molecule has 76 valence electrons. The molecule has 0 aliphatic heterocycles. The Morgan fingerprint density at radius 3 is 1.62 bits per heavy atom. The van der Waals surface area contributed by atoms with Gasteiger partial charge in [-0.05, 0) is 13.8 Å². The Labute approximate surface area is 89.5 Å². The van der Waals surface area contributed by atoms with Crippen LogP contribution < -0.4 is 0 Å². The van der Waals surface area contributed by atoms with E-state index in [-0.39, 0.29) is 0 Å². The molecular formula is C15H13Rf-. The van der Waals surface area contributed by atoms with Gasteiger partial charge in [0.05, 0.1) is 0 Å². The smallest absolute Gasteiger partial charge is 0 e. The zero-order chi connectivity index (χ0) is 10.4. The fourth-order valence-corrected chi connectivity index (χ4v) is 2.26. The van der Waals surface area contributed by atoms with Crippen molar-refractivity contribution < 1.29 is 0 Å². The van der Waals surface area contributed by atoms with Crippen LogP contribution >= 0.6 is 0 Å². The van der Waals surface area contributed by atoms with Gasteiger partial charge in [-0.25, -0.2) is 0 Å². The SMILES string of the molecule is Cc1ccc2c(c1)[cH-]c1cc(C)ccc12.[Rf]. The van der Waals surface area contributed by atoms with Crippen molar-refractivity contribution in [3.63, 3.8) is 0 Å². The van der Waals surface area contributed by atoms with Crippen molar-refractivity contribution in [1.82, 2.24) is 0 Å². The Morgan fingerprint density at radius 2 is 1.19 bits per heavy atom. The molecule has 0 N–H and O–H groups in total. The van der Waals surface area contributed by atoms with Crippen LogP contribution in [-0.2, 0) is 0 Å². The molecule has 0 heterocycles. The standard InChI is InChI=1S/C15H13.Rf/c1-10-3-5-14-12(7-10)9-13-8-11(2)4-6-15(13)14;/h3-9H,1-2H3;/q-1;. The van der Waals surface area contributed by atoms with Crippen LogP contribution in [0, 0.1) is 13.8 Å². The summed E-state index contributed by atoms with van der Waals surface area (Å²) in [5, 5.41) is 5.46. The van der Waals surface area contributed by atoms with Gasteiger partial charge in [0.2, 0.25) is 0 Å². The van der Waals surface area contributed by atoms with Crippen LogP contribution in [-0.4, -0.2) is 0 Å². The predicted octanol–water partition coefficient (Wildman–Crippen LogP) is 4.33. The van der Waals surface area contributed by atoms with E-state index in [1.54, 1.807) is 0 Å². The molecule has 16 heavy (non-hydrogen) atoms. The van der Waals surface area contributed by atoms with E-state index >= 15 is 0 Å². The summed E-state index contributed by atoms with van der Waals surface area (Å²) in [6.07, 6.45) is 0. The largest absolute Gasteiger partial charge is 0.126 e. The first-order chi connectivity index (χ1) is 7.24. The second-order valence-electron chi connectivity index (χ2n) is 4.33. The number of rotatable bonds is 0. The molecule has 0 aliphatic rings. The monoisotopic (exact) mass is 460 g/mol. The molecule has 3 aromatic rings. The molecule has 0 nitrogen and oxygen atoms in total. The van der Waals surface area contributed by atoms with Gasteiger partial charge in [0.1, 0.15) is 0 Å². The molecule has 0 saturated carbocycles. The van der Waals surface area contributed by atoms with Gasteiger partial charge in [-0.2, -0.15) is 0 Å². The van der Waals surface area contributed by atoms with Crippen molar-refractivity contribution in [3.05, 3.63) is 53.6 Å². The first-order valence-electron chi connectivity index (χ1n) is 5.30. The van der Waals surface area contributed by atoms with E-state index < -0.39 is 0 Å². The van der Waals surface area contributed by atoms with E-state index in [0.29, 0.717) is 0 Å². The predicted molar refractivity (Wildman–Crippen MR) is 66.5 cm³/mol. The summed E-state index contributed by atoms with van der Waals surface area (Å²) in [6.45, 7) is 4.28.